The SMILES string of the molecule is Cc1noc(C2CCN(C(=O)Nc3cccc(NC(=O)c4cccs4)c3)CC2)n1. The van der Waals surface area contributed by atoms with Crippen LogP contribution in [-0.2, 0) is 0 Å². The first-order valence-corrected chi connectivity index (χ1v) is 10.3. The summed E-state index contributed by atoms with van der Waals surface area (Å²) >= 11 is 1.38. The number of hydrogen-bond donors (Lipinski definition) is 2. The van der Waals surface area contributed by atoms with Crippen LogP contribution in [0.3, 0.4) is 0 Å². The monoisotopic (exact) mass is 411 g/mol. The average molecular weight is 411 g/mol. The number of nitrogens with zero attached hydrogens (tertiary/aromatic N) is 3. The van der Waals surface area contributed by atoms with E-state index in [2.05, 4.69) is 20.8 Å². The summed E-state index contributed by atoms with van der Waals surface area (Å²) in [7, 11) is 0. The second kappa shape index (κ2) is 8.44. The van der Waals surface area contributed by atoms with E-state index >= 15 is 0 Å². The Morgan fingerprint density at radius 1 is 1.14 bits per heavy atom. The lowest BCUT2D eigenvalue weighted by molar-refractivity contribution is 0.103. The van der Waals surface area contributed by atoms with Crippen molar-refractivity contribution in [3.05, 3.63) is 58.4 Å². The van der Waals surface area contributed by atoms with Gasteiger partial charge in [0.15, 0.2) is 5.82 Å². The molecule has 3 amide bonds. The predicted molar refractivity (Wildman–Crippen MR) is 110 cm³/mol. The molecule has 0 radical (unpaired) electrons. The molecule has 29 heavy (non-hydrogen) atoms. The lowest BCUT2D eigenvalue weighted by Crippen LogP contribution is -2.40. The minimum Gasteiger partial charge on any atom is -0.339 e. The molecule has 8 nitrogen and oxygen atoms in total. The van der Waals surface area contributed by atoms with Crippen molar-refractivity contribution in [1.29, 1.82) is 0 Å². The molecular weight excluding hydrogens is 390 g/mol. The van der Waals surface area contributed by atoms with E-state index in [0.29, 0.717) is 41.1 Å². The Balaban J connectivity index is 1.32. The maximum atomic E-state index is 12.6. The molecule has 2 N–H and O–H groups in total. The number of hydrogen-bond acceptors (Lipinski definition) is 6. The topological polar surface area (TPSA) is 100 Å². The number of benzene rings is 1. The first-order chi connectivity index (χ1) is 14.1. The van der Waals surface area contributed by atoms with Crippen molar-refractivity contribution in [3.63, 3.8) is 0 Å². The Labute approximate surface area is 171 Å². The number of carbonyl (C=O) groups is 2. The van der Waals surface area contributed by atoms with Crippen molar-refractivity contribution in [2.45, 2.75) is 25.7 Å². The molecule has 9 heteroatoms. The fourth-order valence-corrected chi connectivity index (χ4v) is 3.91. The molecule has 3 aromatic rings. The number of anilines is 2. The molecule has 1 fully saturated rings. The first-order valence-electron chi connectivity index (χ1n) is 9.39. The fraction of sp³-hybridized carbons (Fsp3) is 0.300. The van der Waals surface area contributed by atoms with Gasteiger partial charge in [0.05, 0.1) is 4.88 Å². The third kappa shape index (κ3) is 4.62. The lowest BCUT2D eigenvalue weighted by atomic mass is 9.97. The largest absolute Gasteiger partial charge is 0.339 e. The van der Waals surface area contributed by atoms with Crippen LogP contribution in [-0.4, -0.2) is 40.1 Å². The third-order valence-electron chi connectivity index (χ3n) is 4.79. The molecule has 1 aliphatic rings. The highest BCUT2D eigenvalue weighted by Gasteiger charge is 2.27. The van der Waals surface area contributed by atoms with Gasteiger partial charge in [0.1, 0.15) is 0 Å². The summed E-state index contributed by atoms with van der Waals surface area (Å²) in [6.07, 6.45) is 1.57. The van der Waals surface area contributed by atoms with Gasteiger partial charge in [-0.3, -0.25) is 4.79 Å². The van der Waals surface area contributed by atoms with E-state index in [9.17, 15) is 9.59 Å². The number of thiophene rings is 1. The molecule has 0 bridgehead atoms. The maximum Gasteiger partial charge on any atom is 0.321 e. The Hall–Kier alpha value is -3.20. The maximum absolute atomic E-state index is 12.6. The molecule has 4 rings (SSSR count). The van der Waals surface area contributed by atoms with E-state index in [-0.39, 0.29) is 17.9 Å². The van der Waals surface area contributed by atoms with Crippen LogP contribution < -0.4 is 10.6 Å². The molecular formula is C20H21N5O3S. The van der Waals surface area contributed by atoms with Gasteiger partial charge in [-0.25, -0.2) is 4.79 Å². The minimum absolute atomic E-state index is 0.160. The van der Waals surface area contributed by atoms with E-state index in [4.69, 9.17) is 4.52 Å². The van der Waals surface area contributed by atoms with Crippen LogP contribution in [0.4, 0.5) is 16.2 Å². The zero-order chi connectivity index (χ0) is 20.2. The van der Waals surface area contributed by atoms with Crippen LogP contribution in [0.2, 0.25) is 0 Å². The van der Waals surface area contributed by atoms with E-state index in [1.807, 2.05) is 11.4 Å². The quantitative estimate of drug-likeness (QED) is 0.673. The zero-order valence-electron chi connectivity index (χ0n) is 15.9. The van der Waals surface area contributed by atoms with E-state index < -0.39 is 0 Å². The summed E-state index contributed by atoms with van der Waals surface area (Å²) in [4.78, 5) is 31.5. The number of urea groups is 1. The van der Waals surface area contributed by atoms with Gasteiger partial charge in [-0.1, -0.05) is 17.3 Å². The fourth-order valence-electron chi connectivity index (χ4n) is 3.29. The number of aryl methyl sites for hydroxylation is 1. The number of amides is 3. The molecule has 0 atom stereocenters. The van der Waals surface area contributed by atoms with Crippen LogP contribution in [0.15, 0.2) is 46.3 Å². The summed E-state index contributed by atoms with van der Waals surface area (Å²) in [5.41, 5.74) is 1.26. The van der Waals surface area contributed by atoms with Crippen LogP contribution >= 0.6 is 11.3 Å². The molecule has 0 spiro atoms. The van der Waals surface area contributed by atoms with E-state index in [1.165, 1.54) is 11.3 Å². The standard InChI is InChI=1S/C20H21N5O3S/c1-13-21-19(28-24-13)14-7-9-25(10-8-14)20(27)23-16-5-2-4-15(12-16)22-18(26)17-6-3-11-29-17/h2-6,11-12,14H,7-10H2,1H3,(H,22,26)(H,23,27). The minimum atomic E-state index is -0.165. The van der Waals surface area contributed by atoms with Gasteiger partial charge in [0.25, 0.3) is 5.91 Å². The van der Waals surface area contributed by atoms with Crippen molar-refractivity contribution in [3.8, 4) is 0 Å². The van der Waals surface area contributed by atoms with Crippen LogP contribution in [0.1, 0.15) is 40.1 Å². The molecule has 1 aromatic carbocycles. The second-order valence-corrected chi connectivity index (χ2v) is 7.83. The predicted octanol–water partition coefficient (Wildman–Crippen LogP) is 4.10. The van der Waals surface area contributed by atoms with Crippen molar-refractivity contribution in [2.75, 3.05) is 23.7 Å². The molecule has 0 saturated carbocycles. The zero-order valence-corrected chi connectivity index (χ0v) is 16.7. The van der Waals surface area contributed by atoms with Gasteiger partial charge in [0, 0.05) is 30.4 Å². The van der Waals surface area contributed by atoms with Gasteiger partial charge < -0.3 is 20.1 Å². The van der Waals surface area contributed by atoms with Crippen molar-refractivity contribution in [2.24, 2.45) is 0 Å². The van der Waals surface area contributed by atoms with Crippen LogP contribution in [0, 0.1) is 6.92 Å². The Bertz CT molecular complexity index is 993. The number of carbonyl (C=O) groups excluding carboxylic acids is 2. The number of nitrogens with one attached hydrogen (secondary N) is 2. The molecule has 2 aromatic heterocycles. The van der Waals surface area contributed by atoms with E-state index in [0.717, 1.165) is 12.8 Å². The summed E-state index contributed by atoms with van der Waals surface area (Å²) in [6, 6.07) is 10.6. The summed E-state index contributed by atoms with van der Waals surface area (Å²) in [5, 5.41) is 11.4. The number of likely N-dealkylation sites (tertiary alicyclic amines) is 1. The summed E-state index contributed by atoms with van der Waals surface area (Å²) < 4.78 is 5.25. The number of aromatic nitrogens is 2. The van der Waals surface area contributed by atoms with E-state index in [1.54, 1.807) is 42.2 Å². The van der Waals surface area contributed by atoms with Gasteiger partial charge >= 0.3 is 6.03 Å². The lowest BCUT2D eigenvalue weighted by Gasteiger charge is -2.30. The average Bonchev–Trinajstić information content (AvgIpc) is 3.40. The Kier molecular flexibility index (Phi) is 5.57. The van der Waals surface area contributed by atoms with Gasteiger partial charge in [-0.05, 0) is 49.4 Å². The molecule has 150 valence electrons. The number of piperidine rings is 1. The summed E-state index contributed by atoms with van der Waals surface area (Å²) in [6.45, 7) is 3.03. The van der Waals surface area contributed by atoms with Gasteiger partial charge in [-0.15, -0.1) is 11.3 Å². The molecule has 3 heterocycles. The highest BCUT2D eigenvalue weighted by Crippen LogP contribution is 2.27. The van der Waals surface area contributed by atoms with Crippen molar-refractivity contribution in [1.82, 2.24) is 15.0 Å². The normalized spacial score (nSPS) is 14.6. The second-order valence-electron chi connectivity index (χ2n) is 6.88. The third-order valence-corrected chi connectivity index (χ3v) is 5.66. The van der Waals surface area contributed by atoms with Crippen molar-refractivity contribution >= 4 is 34.6 Å². The van der Waals surface area contributed by atoms with Crippen LogP contribution in [0.5, 0.6) is 0 Å². The van der Waals surface area contributed by atoms with Gasteiger partial charge in [-0.2, -0.15) is 4.98 Å². The summed E-state index contributed by atoms with van der Waals surface area (Å²) in [5.74, 6) is 1.31. The van der Waals surface area contributed by atoms with Crippen LogP contribution in [0.25, 0.3) is 0 Å². The highest BCUT2D eigenvalue weighted by atomic mass is 32.1. The molecule has 1 saturated heterocycles. The van der Waals surface area contributed by atoms with Gasteiger partial charge in [0.2, 0.25) is 5.89 Å². The smallest absolute Gasteiger partial charge is 0.321 e. The number of rotatable bonds is 4. The Morgan fingerprint density at radius 2 is 1.90 bits per heavy atom. The van der Waals surface area contributed by atoms with Crippen molar-refractivity contribution < 1.29 is 14.1 Å². The molecule has 0 aliphatic carbocycles. The highest BCUT2D eigenvalue weighted by molar-refractivity contribution is 7.12. The molecule has 0 unspecified atom stereocenters. The Morgan fingerprint density at radius 3 is 2.55 bits per heavy atom. The first kappa shape index (κ1) is 19.1. The molecule has 1 aliphatic heterocycles.